The monoisotopic (exact) mass is 528 g/mol. The molecule has 7 nitrogen and oxygen atoms in total. The van der Waals surface area contributed by atoms with E-state index in [-0.39, 0.29) is 0 Å². The lowest BCUT2D eigenvalue weighted by atomic mass is 9.93. The lowest BCUT2D eigenvalue weighted by Gasteiger charge is -2.40. The van der Waals surface area contributed by atoms with E-state index in [4.69, 9.17) is 4.74 Å². The molecule has 11 heteroatoms. The number of ether oxygens (including phenoxy) is 1. The molecule has 0 unspecified atom stereocenters. The van der Waals surface area contributed by atoms with Gasteiger partial charge in [-0.3, -0.25) is 0 Å². The first kappa shape index (κ1) is 27.2. The Morgan fingerprint density at radius 3 is 2.36 bits per heavy atom. The van der Waals surface area contributed by atoms with Crippen molar-refractivity contribution in [3.8, 4) is 0 Å². The minimum Gasteiger partial charge on any atom is -0.394 e. The smallest absolute Gasteiger partial charge is 0.394 e. The molecule has 0 spiro atoms. The van der Waals surface area contributed by atoms with Gasteiger partial charge in [-0.1, -0.05) is 23.9 Å². The van der Waals surface area contributed by atoms with E-state index in [0.717, 1.165) is 21.5 Å². The third-order valence-corrected chi connectivity index (χ3v) is 7.79. The maximum Gasteiger partial charge on any atom is 0.416 e. The Morgan fingerprint density at radius 1 is 0.944 bits per heavy atom. The highest BCUT2D eigenvalue weighted by Gasteiger charge is 2.43. The van der Waals surface area contributed by atoms with E-state index in [1.807, 2.05) is 41.1 Å². The highest BCUT2D eigenvalue weighted by atomic mass is 32.2. The van der Waals surface area contributed by atoms with Gasteiger partial charge in [0.05, 0.1) is 29.6 Å². The summed E-state index contributed by atoms with van der Waals surface area (Å²) >= 11 is 1.46. The van der Waals surface area contributed by atoms with Crippen LogP contribution in [0.1, 0.15) is 18.4 Å². The van der Waals surface area contributed by atoms with E-state index >= 15 is 0 Å². The van der Waals surface area contributed by atoms with Crippen molar-refractivity contribution in [3.63, 3.8) is 0 Å². The van der Waals surface area contributed by atoms with Crippen molar-refractivity contribution in [2.45, 2.75) is 59.3 Å². The standard InChI is InChI=1S/C25H31F3N2O5S/c1-29(12-9-18-22(32)24(34)23(33)19(14-31)35-18)10-4-11-30-16-5-2-3-6-20(16)36-21-8-7-15(13-17(21)30)25(26,27)28/h2-3,5-8,13,18-19,22-24,31-34H,4,9-12,14H2,1H3/t18-,19-,22+,23-,24-/m1/s1. The third-order valence-electron chi connectivity index (χ3n) is 6.66. The van der Waals surface area contributed by atoms with E-state index in [2.05, 4.69) is 0 Å². The van der Waals surface area contributed by atoms with Gasteiger partial charge in [-0.05, 0) is 56.8 Å². The molecule has 0 saturated carbocycles. The van der Waals surface area contributed by atoms with Crippen molar-refractivity contribution in [3.05, 3.63) is 48.0 Å². The summed E-state index contributed by atoms with van der Waals surface area (Å²) < 4.78 is 45.7. The van der Waals surface area contributed by atoms with Crippen LogP contribution in [0, 0.1) is 0 Å². The van der Waals surface area contributed by atoms with Crippen LogP contribution in [-0.2, 0) is 10.9 Å². The van der Waals surface area contributed by atoms with E-state index in [1.54, 1.807) is 0 Å². The Balaban J connectivity index is 1.38. The van der Waals surface area contributed by atoms with Crippen molar-refractivity contribution in [1.29, 1.82) is 0 Å². The largest absolute Gasteiger partial charge is 0.416 e. The molecule has 5 atom stereocenters. The average molecular weight is 529 g/mol. The molecule has 1 fully saturated rings. The number of rotatable bonds is 8. The molecular weight excluding hydrogens is 497 g/mol. The molecule has 0 radical (unpaired) electrons. The molecule has 4 N–H and O–H groups in total. The number of fused-ring (bicyclic) bond motifs is 2. The Hall–Kier alpha value is -1.86. The summed E-state index contributed by atoms with van der Waals surface area (Å²) in [6, 6.07) is 11.5. The second-order valence-corrected chi connectivity index (χ2v) is 10.3. The Kier molecular flexibility index (Phi) is 8.50. The number of benzene rings is 2. The lowest BCUT2D eigenvalue weighted by Crippen LogP contribution is -2.58. The zero-order chi connectivity index (χ0) is 26.0. The maximum atomic E-state index is 13.4. The molecule has 0 aliphatic carbocycles. The Labute approximate surface area is 212 Å². The molecule has 4 rings (SSSR count). The topological polar surface area (TPSA) is 96.6 Å². The van der Waals surface area contributed by atoms with Gasteiger partial charge in [0.15, 0.2) is 0 Å². The van der Waals surface area contributed by atoms with Crippen molar-refractivity contribution < 1.29 is 38.3 Å². The van der Waals surface area contributed by atoms with Gasteiger partial charge < -0.3 is 35.0 Å². The number of hydrogen-bond donors (Lipinski definition) is 4. The SMILES string of the molecule is CN(CCCN1c2ccccc2Sc2ccc(C(F)(F)F)cc21)CC[C@H]1O[C@H](CO)[C@@H](O)[C@H](O)[C@H]1O. The Bertz CT molecular complexity index is 1040. The highest BCUT2D eigenvalue weighted by molar-refractivity contribution is 7.99. The van der Waals surface area contributed by atoms with Crippen LogP contribution >= 0.6 is 11.8 Å². The summed E-state index contributed by atoms with van der Waals surface area (Å²) in [6.45, 7) is 1.20. The highest BCUT2D eigenvalue weighted by Crippen LogP contribution is 2.49. The first-order chi connectivity index (χ1) is 17.1. The summed E-state index contributed by atoms with van der Waals surface area (Å²) in [4.78, 5) is 5.71. The quantitative estimate of drug-likeness (QED) is 0.416. The van der Waals surface area contributed by atoms with Gasteiger partial charge in [-0.25, -0.2) is 0 Å². The number of anilines is 2. The number of para-hydroxylation sites is 1. The van der Waals surface area contributed by atoms with Gasteiger partial charge in [0, 0.05) is 22.9 Å². The molecule has 0 aromatic heterocycles. The van der Waals surface area contributed by atoms with E-state index in [9.17, 15) is 33.6 Å². The zero-order valence-corrected chi connectivity index (χ0v) is 20.6. The summed E-state index contributed by atoms with van der Waals surface area (Å²) in [7, 11) is 1.89. The first-order valence-electron chi connectivity index (χ1n) is 11.8. The van der Waals surface area contributed by atoms with E-state index < -0.39 is 48.9 Å². The van der Waals surface area contributed by atoms with Crippen LogP contribution in [0.15, 0.2) is 52.3 Å². The normalized spacial score (nSPS) is 26.1. The first-order valence-corrected chi connectivity index (χ1v) is 12.7. The van der Waals surface area contributed by atoms with Crippen LogP contribution in [0.5, 0.6) is 0 Å². The molecule has 2 aliphatic rings. The Morgan fingerprint density at radius 2 is 1.64 bits per heavy atom. The molecule has 36 heavy (non-hydrogen) atoms. The number of nitrogens with zero attached hydrogens (tertiary/aromatic N) is 2. The number of alkyl halides is 3. The second kappa shape index (κ2) is 11.3. The summed E-state index contributed by atoms with van der Waals surface area (Å²) in [5.41, 5.74) is 0.735. The van der Waals surface area contributed by atoms with Crippen LogP contribution in [0.3, 0.4) is 0 Å². The lowest BCUT2D eigenvalue weighted by molar-refractivity contribution is -0.230. The minimum absolute atomic E-state index is 0.374. The molecular formula is C25H31F3N2O5S. The molecule has 0 amide bonds. The van der Waals surface area contributed by atoms with Crippen LogP contribution in [0.4, 0.5) is 24.5 Å². The predicted octanol–water partition coefficient (Wildman–Crippen LogP) is 2.86. The number of aliphatic hydroxyl groups is 4. The van der Waals surface area contributed by atoms with Gasteiger partial charge in [-0.2, -0.15) is 13.2 Å². The van der Waals surface area contributed by atoms with E-state index in [1.165, 1.54) is 23.9 Å². The molecule has 2 heterocycles. The van der Waals surface area contributed by atoms with Crippen molar-refractivity contribution in [2.75, 3.05) is 38.2 Å². The van der Waals surface area contributed by atoms with Crippen LogP contribution in [0.2, 0.25) is 0 Å². The fraction of sp³-hybridized carbons (Fsp3) is 0.520. The average Bonchev–Trinajstić information content (AvgIpc) is 2.85. The van der Waals surface area contributed by atoms with E-state index in [0.29, 0.717) is 38.2 Å². The summed E-state index contributed by atoms with van der Waals surface area (Å²) in [6.07, 6.45) is -9.10. The summed E-state index contributed by atoms with van der Waals surface area (Å²) in [5.74, 6) is 0. The fourth-order valence-corrected chi connectivity index (χ4v) is 5.70. The number of aliphatic hydroxyl groups excluding tert-OH is 4. The molecule has 2 aromatic carbocycles. The van der Waals surface area contributed by atoms with Gasteiger partial charge in [0.1, 0.15) is 24.4 Å². The van der Waals surface area contributed by atoms with Crippen LogP contribution in [0.25, 0.3) is 0 Å². The predicted molar refractivity (Wildman–Crippen MR) is 130 cm³/mol. The van der Waals surface area contributed by atoms with Crippen LogP contribution in [-0.4, -0.2) is 89.1 Å². The van der Waals surface area contributed by atoms with Gasteiger partial charge in [-0.15, -0.1) is 0 Å². The van der Waals surface area contributed by atoms with Crippen molar-refractivity contribution in [1.82, 2.24) is 4.90 Å². The van der Waals surface area contributed by atoms with Crippen molar-refractivity contribution >= 4 is 23.1 Å². The van der Waals surface area contributed by atoms with Gasteiger partial charge in [0.25, 0.3) is 0 Å². The van der Waals surface area contributed by atoms with Crippen molar-refractivity contribution in [2.24, 2.45) is 0 Å². The fourth-order valence-electron chi connectivity index (χ4n) is 4.62. The summed E-state index contributed by atoms with van der Waals surface area (Å²) in [5, 5.41) is 39.5. The third kappa shape index (κ3) is 5.83. The number of hydrogen-bond acceptors (Lipinski definition) is 8. The maximum absolute atomic E-state index is 13.4. The van der Waals surface area contributed by atoms with Gasteiger partial charge in [0.2, 0.25) is 0 Å². The zero-order valence-electron chi connectivity index (χ0n) is 19.8. The van der Waals surface area contributed by atoms with Crippen LogP contribution < -0.4 is 4.90 Å². The molecule has 0 bridgehead atoms. The molecule has 2 aliphatic heterocycles. The minimum atomic E-state index is -4.42. The number of halogens is 3. The van der Waals surface area contributed by atoms with Gasteiger partial charge >= 0.3 is 6.18 Å². The second-order valence-electron chi connectivity index (χ2n) is 9.21. The molecule has 1 saturated heterocycles. The molecule has 198 valence electrons. The molecule has 2 aromatic rings.